The summed E-state index contributed by atoms with van der Waals surface area (Å²) in [4.78, 5) is 19.2. The van der Waals surface area contributed by atoms with Gasteiger partial charge in [-0.2, -0.15) is 4.98 Å². The third-order valence-corrected chi connectivity index (χ3v) is 4.25. The first-order valence-electron chi connectivity index (χ1n) is 9.27. The number of aromatic nitrogens is 4. The molecule has 0 unspecified atom stereocenters. The highest BCUT2D eigenvalue weighted by molar-refractivity contribution is 5.70. The maximum Gasteiger partial charge on any atom is 0.264 e. The van der Waals surface area contributed by atoms with Crippen molar-refractivity contribution < 1.29 is 18.7 Å². The number of aryl methyl sites for hydroxylation is 1. The lowest BCUT2D eigenvalue weighted by Crippen LogP contribution is -2.38. The average molecular weight is 382 g/mol. The average Bonchev–Trinajstić information content (AvgIpc) is 3.38. The van der Waals surface area contributed by atoms with Gasteiger partial charge in [0.25, 0.3) is 5.89 Å². The van der Waals surface area contributed by atoms with Crippen LogP contribution in [-0.4, -0.2) is 45.9 Å². The van der Waals surface area contributed by atoms with Crippen LogP contribution in [-0.2, 0) is 6.61 Å². The van der Waals surface area contributed by atoms with Gasteiger partial charge < -0.3 is 14.1 Å². The Hall–Kier alpha value is -3.00. The predicted octanol–water partition coefficient (Wildman–Crippen LogP) is 3.29. The lowest BCUT2D eigenvalue weighted by atomic mass is 10.1. The van der Waals surface area contributed by atoms with Crippen molar-refractivity contribution in [3.63, 3.8) is 0 Å². The highest BCUT2D eigenvalue weighted by Crippen LogP contribution is 2.38. The van der Waals surface area contributed by atoms with Gasteiger partial charge in [0.05, 0.1) is 11.4 Å². The molecule has 0 atom stereocenters. The molecule has 0 amide bonds. The Morgan fingerprint density at radius 1 is 1.14 bits per heavy atom. The summed E-state index contributed by atoms with van der Waals surface area (Å²) >= 11 is 0. The Balaban J connectivity index is 1.62. The number of benzene rings is 1. The number of rotatable bonds is 7. The molecule has 0 radical (unpaired) electrons. The first-order valence-corrected chi connectivity index (χ1v) is 9.27. The van der Waals surface area contributed by atoms with Crippen molar-refractivity contribution in [3.05, 3.63) is 48.0 Å². The van der Waals surface area contributed by atoms with Crippen LogP contribution in [0.5, 0.6) is 11.5 Å². The molecule has 1 aliphatic rings. The van der Waals surface area contributed by atoms with E-state index in [9.17, 15) is 0 Å². The largest absolute Gasteiger partial charge is 0.483 e. The van der Waals surface area contributed by atoms with Crippen LogP contribution < -0.4 is 9.57 Å². The van der Waals surface area contributed by atoms with E-state index in [1.807, 2.05) is 46.3 Å². The minimum absolute atomic E-state index is 0.180. The smallest absolute Gasteiger partial charge is 0.264 e. The zero-order valence-corrected chi connectivity index (χ0v) is 16.5. The Morgan fingerprint density at radius 3 is 2.64 bits per heavy atom. The van der Waals surface area contributed by atoms with E-state index in [4.69, 9.17) is 14.1 Å². The molecule has 1 aliphatic carbocycles. The first-order chi connectivity index (χ1) is 13.4. The van der Waals surface area contributed by atoms with E-state index < -0.39 is 0 Å². The minimum atomic E-state index is 0.180. The molecular weight excluding hydrogens is 358 g/mol. The minimum Gasteiger partial charge on any atom is -0.483 e. The van der Waals surface area contributed by atoms with Gasteiger partial charge in [-0.15, -0.1) is 4.65 Å². The zero-order chi connectivity index (χ0) is 19.7. The summed E-state index contributed by atoms with van der Waals surface area (Å²) in [7, 11) is 5.83. The van der Waals surface area contributed by atoms with Gasteiger partial charge in [-0.1, -0.05) is 5.16 Å². The van der Waals surface area contributed by atoms with Gasteiger partial charge in [0, 0.05) is 29.9 Å². The Kier molecular flexibility index (Phi) is 4.72. The SMILES string of the molecule is Cc1nccnc1-c1ccc(O[N+](C)(C)C)cc1OCc1nc(C2CC2)no1. The molecule has 1 aromatic carbocycles. The van der Waals surface area contributed by atoms with E-state index in [1.54, 1.807) is 12.4 Å². The normalized spacial score (nSPS) is 14.1. The van der Waals surface area contributed by atoms with Crippen LogP contribution in [0.2, 0.25) is 0 Å². The zero-order valence-electron chi connectivity index (χ0n) is 16.5. The van der Waals surface area contributed by atoms with Crippen molar-refractivity contribution in [2.75, 3.05) is 21.1 Å². The molecule has 0 spiro atoms. The Labute approximate surface area is 163 Å². The van der Waals surface area contributed by atoms with Crippen molar-refractivity contribution >= 4 is 0 Å². The molecule has 2 aromatic heterocycles. The second-order valence-corrected chi connectivity index (χ2v) is 7.74. The van der Waals surface area contributed by atoms with Crippen LogP contribution >= 0.6 is 0 Å². The molecule has 2 heterocycles. The fourth-order valence-corrected chi connectivity index (χ4v) is 2.84. The maximum absolute atomic E-state index is 6.05. The summed E-state index contributed by atoms with van der Waals surface area (Å²) < 4.78 is 11.7. The Bertz CT molecular complexity index is 976. The molecule has 4 rings (SSSR count). The third kappa shape index (κ3) is 4.28. The van der Waals surface area contributed by atoms with Crippen molar-refractivity contribution in [1.82, 2.24) is 20.1 Å². The molecule has 0 bridgehead atoms. The molecule has 0 N–H and O–H groups in total. The molecule has 0 saturated heterocycles. The summed E-state index contributed by atoms with van der Waals surface area (Å²) in [6.07, 6.45) is 5.59. The highest BCUT2D eigenvalue weighted by atomic mass is 16.7. The van der Waals surface area contributed by atoms with Gasteiger partial charge in [-0.25, -0.2) is 0 Å². The number of hydrogen-bond donors (Lipinski definition) is 0. The van der Waals surface area contributed by atoms with Crippen LogP contribution in [0.15, 0.2) is 35.1 Å². The number of hydroxylamine groups is 3. The molecule has 28 heavy (non-hydrogen) atoms. The number of ether oxygens (including phenoxy) is 1. The quantitative estimate of drug-likeness (QED) is 0.458. The van der Waals surface area contributed by atoms with Gasteiger partial charge >= 0.3 is 0 Å². The molecule has 8 nitrogen and oxygen atoms in total. The Morgan fingerprint density at radius 2 is 1.93 bits per heavy atom. The van der Waals surface area contributed by atoms with E-state index in [-0.39, 0.29) is 6.61 Å². The van der Waals surface area contributed by atoms with E-state index in [2.05, 4.69) is 20.1 Å². The highest BCUT2D eigenvalue weighted by Gasteiger charge is 2.29. The molecule has 3 aromatic rings. The predicted molar refractivity (Wildman–Crippen MR) is 101 cm³/mol. The van der Waals surface area contributed by atoms with Crippen LogP contribution in [0.1, 0.15) is 36.2 Å². The van der Waals surface area contributed by atoms with Gasteiger partial charge in [-0.05, 0) is 31.9 Å². The van der Waals surface area contributed by atoms with Crippen LogP contribution in [0.4, 0.5) is 0 Å². The second kappa shape index (κ2) is 7.20. The molecule has 8 heteroatoms. The monoisotopic (exact) mass is 382 g/mol. The van der Waals surface area contributed by atoms with E-state index in [1.165, 1.54) is 0 Å². The molecule has 1 fully saturated rings. The summed E-state index contributed by atoms with van der Waals surface area (Å²) in [5, 5.41) is 4.04. The van der Waals surface area contributed by atoms with Crippen LogP contribution in [0, 0.1) is 6.92 Å². The lowest BCUT2D eigenvalue weighted by molar-refractivity contribution is -1.03. The third-order valence-electron chi connectivity index (χ3n) is 4.25. The van der Waals surface area contributed by atoms with E-state index in [0.29, 0.717) is 28.0 Å². The van der Waals surface area contributed by atoms with Crippen LogP contribution in [0.25, 0.3) is 11.3 Å². The fourth-order valence-electron chi connectivity index (χ4n) is 2.84. The van der Waals surface area contributed by atoms with Crippen molar-refractivity contribution in [1.29, 1.82) is 0 Å². The second-order valence-electron chi connectivity index (χ2n) is 7.74. The van der Waals surface area contributed by atoms with Crippen molar-refractivity contribution in [3.8, 4) is 22.8 Å². The molecule has 146 valence electrons. The van der Waals surface area contributed by atoms with E-state index in [0.717, 1.165) is 35.6 Å². The fraction of sp³-hybridized carbons (Fsp3) is 0.400. The number of quaternary nitrogens is 1. The maximum atomic E-state index is 6.05. The standard InChI is InChI=1S/C20H24N5O3/c1-13-19(22-10-9-21-13)16-8-7-15(28-25(2,3)4)11-17(16)26-12-18-23-20(24-27-18)14-5-6-14/h7-11,14H,5-6,12H2,1-4H3/q+1. The van der Waals surface area contributed by atoms with Gasteiger partial charge in [0.1, 0.15) is 26.9 Å². The summed E-state index contributed by atoms with van der Waals surface area (Å²) in [5.41, 5.74) is 2.42. The van der Waals surface area contributed by atoms with Gasteiger partial charge in [-0.3, -0.25) is 9.97 Å². The van der Waals surface area contributed by atoms with E-state index >= 15 is 0 Å². The molecule has 1 saturated carbocycles. The van der Waals surface area contributed by atoms with Gasteiger partial charge in [0.15, 0.2) is 18.2 Å². The molecule has 0 aliphatic heterocycles. The topological polar surface area (TPSA) is 83.2 Å². The number of nitrogens with zero attached hydrogens (tertiary/aromatic N) is 5. The number of hydrogen-bond acceptors (Lipinski definition) is 7. The van der Waals surface area contributed by atoms with Crippen LogP contribution in [0.3, 0.4) is 0 Å². The van der Waals surface area contributed by atoms with Crippen molar-refractivity contribution in [2.45, 2.75) is 32.3 Å². The van der Waals surface area contributed by atoms with Gasteiger partial charge in [0.2, 0.25) is 0 Å². The summed E-state index contributed by atoms with van der Waals surface area (Å²) in [5.74, 6) is 2.99. The molecular formula is C20H24N5O3+. The van der Waals surface area contributed by atoms with Crippen molar-refractivity contribution in [2.24, 2.45) is 0 Å². The summed E-state index contributed by atoms with van der Waals surface area (Å²) in [6, 6.07) is 5.68. The first kappa shape index (κ1) is 18.4. The summed E-state index contributed by atoms with van der Waals surface area (Å²) in [6.45, 7) is 2.10. The lowest BCUT2D eigenvalue weighted by Gasteiger charge is -2.22.